The quantitative estimate of drug-likeness (QED) is 0.0462. The minimum atomic E-state index is -0.505. The summed E-state index contributed by atoms with van der Waals surface area (Å²) in [5.74, 6) is -1.64. The summed E-state index contributed by atoms with van der Waals surface area (Å²) in [5, 5.41) is 5.79. The standard InChI is InChI=1S/C37H61N3O11/c1-29(2)34(43)49-27-25-47-32(41)18-11-7-5-9-14-21-38-36(45)40-23-16-13-17-31(40)20-24-51-37(46)39-22-15-10-6-8-12-19-33(42)48-26-28-50-35(44)30(3)4/h31H,1,3,5-28H2,2,4H3,(H,38,45)(H,39,46). The number of carbonyl (C=O) groups excluding carboxylic acids is 6. The molecule has 0 saturated carbocycles. The average molecular weight is 724 g/mol. The van der Waals surface area contributed by atoms with Gasteiger partial charge in [-0.25, -0.2) is 19.2 Å². The number of carbonyl (C=O) groups is 6. The zero-order chi connectivity index (χ0) is 37.7. The van der Waals surface area contributed by atoms with E-state index in [4.69, 9.17) is 23.7 Å². The van der Waals surface area contributed by atoms with E-state index in [9.17, 15) is 28.8 Å². The predicted molar refractivity (Wildman–Crippen MR) is 191 cm³/mol. The summed E-state index contributed by atoms with van der Waals surface area (Å²) < 4.78 is 25.2. The minimum absolute atomic E-state index is 0.0130. The van der Waals surface area contributed by atoms with Crippen LogP contribution in [0.3, 0.4) is 0 Å². The second-order valence-electron chi connectivity index (χ2n) is 12.7. The van der Waals surface area contributed by atoms with Crippen LogP contribution in [0.1, 0.15) is 117 Å². The molecule has 0 bridgehead atoms. The molecule has 0 aromatic carbocycles. The normalized spacial score (nSPS) is 13.8. The first kappa shape index (κ1) is 44.9. The smallest absolute Gasteiger partial charge is 0.407 e. The fourth-order valence-corrected chi connectivity index (χ4v) is 5.21. The first-order valence-electron chi connectivity index (χ1n) is 18.4. The molecule has 0 aliphatic carbocycles. The van der Waals surface area contributed by atoms with E-state index < -0.39 is 18.0 Å². The summed E-state index contributed by atoms with van der Waals surface area (Å²) in [6, 6.07) is -0.0554. The molecular weight excluding hydrogens is 662 g/mol. The number of alkyl carbamates (subject to hydrolysis) is 1. The number of hydrogen-bond donors (Lipinski definition) is 2. The van der Waals surface area contributed by atoms with Gasteiger partial charge in [-0.3, -0.25) is 9.59 Å². The van der Waals surface area contributed by atoms with Crippen LogP contribution in [0.5, 0.6) is 0 Å². The lowest BCUT2D eigenvalue weighted by atomic mass is 10.00. The van der Waals surface area contributed by atoms with Crippen LogP contribution in [0.15, 0.2) is 24.3 Å². The van der Waals surface area contributed by atoms with Gasteiger partial charge in [0.2, 0.25) is 0 Å². The molecule has 0 aromatic rings. The van der Waals surface area contributed by atoms with Crippen molar-refractivity contribution in [2.75, 3.05) is 52.7 Å². The lowest BCUT2D eigenvalue weighted by Crippen LogP contribution is -2.49. The van der Waals surface area contributed by atoms with Gasteiger partial charge in [-0.15, -0.1) is 0 Å². The minimum Gasteiger partial charge on any atom is -0.462 e. The number of unbranched alkanes of at least 4 members (excludes halogenated alkanes) is 8. The van der Waals surface area contributed by atoms with Crippen molar-refractivity contribution in [1.29, 1.82) is 0 Å². The van der Waals surface area contributed by atoms with E-state index in [1.807, 2.05) is 4.90 Å². The van der Waals surface area contributed by atoms with Gasteiger partial charge in [0.15, 0.2) is 0 Å². The highest BCUT2D eigenvalue weighted by Gasteiger charge is 2.26. The first-order valence-corrected chi connectivity index (χ1v) is 18.4. The molecule has 51 heavy (non-hydrogen) atoms. The fraction of sp³-hybridized carbons (Fsp3) is 0.730. The monoisotopic (exact) mass is 723 g/mol. The molecule has 1 rings (SSSR count). The molecule has 2 N–H and O–H groups in total. The van der Waals surface area contributed by atoms with E-state index in [0.717, 1.165) is 77.0 Å². The summed E-state index contributed by atoms with van der Waals surface area (Å²) in [6.07, 6.45) is 12.2. The van der Waals surface area contributed by atoms with Gasteiger partial charge >= 0.3 is 36.0 Å². The Morgan fingerprint density at radius 2 is 1.06 bits per heavy atom. The van der Waals surface area contributed by atoms with E-state index in [0.29, 0.717) is 56.5 Å². The lowest BCUT2D eigenvalue weighted by Gasteiger charge is -2.35. The summed E-state index contributed by atoms with van der Waals surface area (Å²) in [7, 11) is 0. The number of nitrogens with one attached hydrogen (secondary N) is 2. The SMILES string of the molecule is C=C(C)C(=O)OCCOC(=O)CCCCCCCNC(=O)OCCC1CCCCN1C(=O)NCCCCCCCC(=O)OCCOC(=O)C(=C)C. The number of esters is 4. The first-order chi connectivity index (χ1) is 24.5. The highest BCUT2D eigenvalue weighted by Crippen LogP contribution is 2.20. The largest absolute Gasteiger partial charge is 0.462 e. The van der Waals surface area contributed by atoms with Crippen LogP contribution >= 0.6 is 0 Å². The van der Waals surface area contributed by atoms with Crippen LogP contribution < -0.4 is 10.6 Å². The van der Waals surface area contributed by atoms with Gasteiger partial charge in [-0.2, -0.15) is 0 Å². The molecule has 0 radical (unpaired) electrons. The zero-order valence-electron chi connectivity index (χ0n) is 30.9. The number of piperidine rings is 1. The van der Waals surface area contributed by atoms with Crippen LogP contribution in [0, 0.1) is 0 Å². The van der Waals surface area contributed by atoms with Gasteiger partial charge in [0, 0.05) is 56.1 Å². The maximum absolute atomic E-state index is 12.9. The van der Waals surface area contributed by atoms with Crippen LogP contribution in [0.25, 0.3) is 0 Å². The van der Waals surface area contributed by atoms with Gasteiger partial charge in [0.25, 0.3) is 0 Å². The second-order valence-corrected chi connectivity index (χ2v) is 12.7. The maximum atomic E-state index is 12.9. The number of urea groups is 1. The Morgan fingerprint density at radius 3 is 1.59 bits per heavy atom. The highest BCUT2D eigenvalue weighted by atomic mass is 16.6. The molecule has 14 nitrogen and oxygen atoms in total. The second kappa shape index (κ2) is 28.6. The van der Waals surface area contributed by atoms with Crippen molar-refractivity contribution in [3.8, 4) is 0 Å². The number of amides is 3. The third kappa shape index (κ3) is 23.9. The van der Waals surface area contributed by atoms with Crippen LogP contribution in [0.4, 0.5) is 9.59 Å². The van der Waals surface area contributed by atoms with Gasteiger partial charge in [-0.1, -0.05) is 51.7 Å². The molecule has 3 amide bonds. The van der Waals surface area contributed by atoms with E-state index in [1.54, 1.807) is 13.8 Å². The third-order valence-electron chi connectivity index (χ3n) is 8.09. The molecule has 1 fully saturated rings. The Kier molecular flexibility index (Phi) is 25.2. The molecule has 14 heteroatoms. The Hall–Kier alpha value is -4.10. The molecule has 0 aromatic heterocycles. The Labute approximate surface area is 303 Å². The van der Waals surface area contributed by atoms with Crippen LogP contribution in [-0.2, 0) is 42.9 Å². The number of nitrogens with zero attached hydrogens (tertiary/aromatic N) is 1. The molecule has 1 heterocycles. The summed E-state index contributed by atoms with van der Waals surface area (Å²) in [5.41, 5.74) is 0.598. The van der Waals surface area contributed by atoms with Gasteiger partial charge < -0.3 is 39.2 Å². The highest BCUT2D eigenvalue weighted by molar-refractivity contribution is 5.87. The Bertz CT molecular complexity index is 1110. The van der Waals surface area contributed by atoms with Crippen molar-refractivity contribution >= 4 is 36.0 Å². The topological polar surface area (TPSA) is 176 Å². The molecule has 1 saturated heterocycles. The van der Waals surface area contributed by atoms with Crippen LogP contribution in [0.2, 0.25) is 0 Å². The molecule has 1 atom stereocenters. The number of ether oxygens (including phenoxy) is 5. The molecule has 290 valence electrons. The lowest BCUT2D eigenvalue weighted by molar-refractivity contribution is -0.150. The molecule has 1 aliphatic heterocycles. The average Bonchev–Trinajstić information content (AvgIpc) is 3.10. The van der Waals surface area contributed by atoms with Crippen molar-refractivity contribution in [3.05, 3.63) is 24.3 Å². The molecule has 1 aliphatic rings. The zero-order valence-corrected chi connectivity index (χ0v) is 30.9. The third-order valence-corrected chi connectivity index (χ3v) is 8.09. The predicted octanol–water partition coefficient (Wildman–Crippen LogP) is 5.67. The number of likely N-dealkylation sites (tertiary alicyclic amines) is 1. The van der Waals surface area contributed by atoms with Crippen molar-refractivity contribution in [2.45, 2.75) is 123 Å². The van der Waals surface area contributed by atoms with Crippen molar-refractivity contribution < 1.29 is 52.5 Å². The van der Waals surface area contributed by atoms with E-state index >= 15 is 0 Å². The van der Waals surface area contributed by atoms with Gasteiger partial charge in [0.1, 0.15) is 26.4 Å². The summed E-state index contributed by atoms with van der Waals surface area (Å²) in [4.78, 5) is 72.9. The summed E-state index contributed by atoms with van der Waals surface area (Å²) in [6.45, 7) is 12.2. The van der Waals surface area contributed by atoms with Crippen LogP contribution in [-0.4, -0.2) is 99.6 Å². The fourth-order valence-electron chi connectivity index (χ4n) is 5.21. The molecular formula is C37H61N3O11. The number of rotatable bonds is 27. The van der Waals surface area contributed by atoms with E-state index in [1.165, 1.54) is 0 Å². The Balaban J connectivity index is 2.04. The van der Waals surface area contributed by atoms with E-state index in [2.05, 4.69) is 23.8 Å². The van der Waals surface area contributed by atoms with Crippen molar-refractivity contribution in [1.82, 2.24) is 15.5 Å². The van der Waals surface area contributed by atoms with Crippen molar-refractivity contribution in [3.63, 3.8) is 0 Å². The summed E-state index contributed by atoms with van der Waals surface area (Å²) >= 11 is 0. The Morgan fingerprint density at radius 1 is 0.588 bits per heavy atom. The molecule has 1 unspecified atom stereocenters. The maximum Gasteiger partial charge on any atom is 0.407 e. The van der Waals surface area contributed by atoms with Crippen molar-refractivity contribution in [2.24, 2.45) is 0 Å². The van der Waals surface area contributed by atoms with Gasteiger partial charge in [0.05, 0.1) is 6.61 Å². The van der Waals surface area contributed by atoms with E-state index in [-0.39, 0.29) is 57.0 Å². The van der Waals surface area contributed by atoms with Gasteiger partial charge in [-0.05, 0) is 58.8 Å². The number of hydrogen-bond acceptors (Lipinski definition) is 11. The molecule has 0 spiro atoms.